The van der Waals surface area contributed by atoms with Gasteiger partial charge in [-0.25, -0.2) is 0 Å². The summed E-state index contributed by atoms with van der Waals surface area (Å²) in [5.41, 5.74) is 6.19. The molecule has 1 aliphatic carbocycles. The Hall–Kier alpha value is -0.0800. The first kappa shape index (κ1) is 10.4. The summed E-state index contributed by atoms with van der Waals surface area (Å²) in [4.78, 5) is 2.54. The minimum absolute atomic E-state index is 0.441. The van der Waals surface area contributed by atoms with Gasteiger partial charge in [-0.1, -0.05) is 25.7 Å². The van der Waals surface area contributed by atoms with Crippen LogP contribution < -0.4 is 5.73 Å². The molecule has 2 fully saturated rings. The molecule has 1 saturated carbocycles. The van der Waals surface area contributed by atoms with Gasteiger partial charge >= 0.3 is 0 Å². The third-order valence-corrected chi connectivity index (χ3v) is 3.80. The van der Waals surface area contributed by atoms with Crippen LogP contribution in [0.1, 0.15) is 44.9 Å². The van der Waals surface area contributed by atoms with E-state index < -0.39 is 0 Å². The molecule has 0 aromatic rings. The molecule has 2 nitrogen and oxygen atoms in total. The average molecular weight is 196 g/mol. The minimum Gasteiger partial charge on any atom is -0.327 e. The molecule has 2 rings (SSSR count). The number of nitrogens with zero attached hydrogens (tertiary/aromatic N) is 1. The minimum atomic E-state index is 0.441. The second-order valence-corrected chi connectivity index (χ2v) is 5.15. The summed E-state index contributed by atoms with van der Waals surface area (Å²) in [6.45, 7) is 3.73. The third kappa shape index (κ3) is 2.96. The maximum atomic E-state index is 6.19. The lowest BCUT2D eigenvalue weighted by molar-refractivity contribution is 0.289. The van der Waals surface area contributed by atoms with Gasteiger partial charge < -0.3 is 10.6 Å². The monoisotopic (exact) mass is 196 g/mol. The van der Waals surface area contributed by atoms with Crippen LogP contribution in [0.2, 0.25) is 0 Å². The van der Waals surface area contributed by atoms with Gasteiger partial charge in [0.1, 0.15) is 0 Å². The summed E-state index contributed by atoms with van der Waals surface area (Å²) in [5.74, 6) is 0.951. The van der Waals surface area contributed by atoms with Crippen LogP contribution >= 0.6 is 0 Å². The SMILES string of the molecule is NC(CC1CCCC1)CN1CCCC1. The lowest BCUT2D eigenvalue weighted by Gasteiger charge is -2.22. The molecule has 1 atom stereocenters. The fourth-order valence-electron chi connectivity index (χ4n) is 3.05. The number of likely N-dealkylation sites (tertiary alicyclic amines) is 1. The maximum absolute atomic E-state index is 6.19. The zero-order valence-corrected chi connectivity index (χ0v) is 9.25. The molecule has 82 valence electrons. The first-order valence-electron chi connectivity index (χ1n) is 6.32. The topological polar surface area (TPSA) is 29.3 Å². The van der Waals surface area contributed by atoms with Gasteiger partial charge in [0.15, 0.2) is 0 Å². The van der Waals surface area contributed by atoms with Gasteiger partial charge in [-0.3, -0.25) is 0 Å². The molecule has 0 aromatic carbocycles. The fourth-order valence-corrected chi connectivity index (χ4v) is 3.05. The van der Waals surface area contributed by atoms with Crippen molar-refractivity contribution in [3.05, 3.63) is 0 Å². The van der Waals surface area contributed by atoms with Crippen molar-refractivity contribution in [3.63, 3.8) is 0 Å². The highest BCUT2D eigenvalue weighted by molar-refractivity contribution is 4.77. The van der Waals surface area contributed by atoms with E-state index in [9.17, 15) is 0 Å². The van der Waals surface area contributed by atoms with E-state index in [1.807, 2.05) is 0 Å². The summed E-state index contributed by atoms with van der Waals surface area (Å²) < 4.78 is 0. The normalized spacial score (nSPS) is 27.2. The first-order valence-corrected chi connectivity index (χ1v) is 6.32. The van der Waals surface area contributed by atoms with Gasteiger partial charge in [0.25, 0.3) is 0 Å². The van der Waals surface area contributed by atoms with Gasteiger partial charge in [-0.05, 0) is 38.3 Å². The molecule has 2 aliphatic rings. The molecular weight excluding hydrogens is 172 g/mol. The van der Waals surface area contributed by atoms with E-state index >= 15 is 0 Å². The Labute approximate surface area is 87.8 Å². The van der Waals surface area contributed by atoms with Gasteiger partial charge in [0, 0.05) is 12.6 Å². The van der Waals surface area contributed by atoms with Crippen LogP contribution in [0, 0.1) is 5.92 Å². The Morgan fingerprint density at radius 3 is 2.36 bits per heavy atom. The van der Waals surface area contributed by atoms with Crippen molar-refractivity contribution in [3.8, 4) is 0 Å². The van der Waals surface area contributed by atoms with E-state index in [2.05, 4.69) is 4.90 Å². The van der Waals surface area contributed by atoms with Crippen molar-refractivity contribution in [1.29, 1.82) is 0 Å². The van der Waals surface area contributed by atoms with E-state index in [0.717, 1.165) is 12.5 Å². The summed E-state index contributed by atoms with van der Waals surface area (Å²) in [7, 11) is 0. The van der Waals surface area contributed by atoms with E-state index in [4.69, 9.17) is 5.73 Å². The molecule has 0 bridgehead atoms. The van der Waals surface area contributed by atoms with Crippen LogP contribution in [0.25, 0.3) is 0 Å². The Morgan fingerprint density at radius 2 is 1.71 bits per heavy atom. The zero-order valence-electron chi connectivity index (χ0n) is 9.25. The molecule has 1 aliphatic heterocycles. The molecule has 14 heavy (non-hydrogen) atoms. The summed E-state index contributed by atoms with van der Waals surface area (Å²) in [6.07, 6.45) is 9.81. The van der Waals surface area contributed by atoms with Crippen molar-refractivity contribution in [2.75, 3.05) is 19.6 Å². The van der Waals surface area contributed by atoms with Gasteiger partial charge in [0.2, 0.25) is 0 Å². The average Bonchev–Trinajstić information content (AvgIpc) is 2.76. The maximum Gasteiger partial charge on any atom is 0.0170 e. The van der Waals surface area contributed by atoms with Crippen LogP contribution in [0.15, 0.2) is 0 Å². The number of rotatable bonds is 4. The molecule has 0 aromatic heterocycles. The van der Waals surface area contributed by atoms with E-state index in [1.165, 1.54) is 58.0 Å². The Kier molecular flexibility index (Phi) is 3.82. The molecule has 1 heterocycles. The Morgan fingerprint density at radius 1 is 1.07 bits per heavy atom. The van der Waals surface area contributed by atoms with Crippen LogP contribution in [0.4, 0.5) is 0 Å². The Bertz CT molecular complexity index is 140. The van der Waals surface area contributed by atoms with Crippen LogP contribution in [0.3, 0.4) is 0 Å². The second kappa shape index (κ2) is 5.13. The predicted molar refractivity (Wildman–Crippen MR) is 60.2 cm³/mol. The van der Waals surface area contributed by atoms with Crippen molar-refractivity contribution < 1.29 is 0 Å². The quantitative estimate of drug-likeness (QED) is 0.745. The smallest absolute Gasteiger partial charge is 0.0170 e. The number of hydrogen-bond donors (Lipinski definition) is 1. The third-order valence-electron chi connectivity index (χ3n) is 3.80. The molecule has 2 N–H and O–H groups in total. The number of hydrogen-bond acceptors (Lipinski definition) is 2. The van der Waals surface area contributed by atoms with Crippen LogP contribution in [0.5, 0.6) is 0 Å². The highest BCUT2D eigenvalue weighted by Crippen LogP contribution is 2.28. The summed E-state index contributed by atoms with van der Waals surface area (Å²) >= 11 is 0. The van der Waals surface area contributed by atoms with Crippen LogP contribution in [-0.4, -0.2) is 30.6 Å². The van der Waals surface area contributed by atoms with Crippen molar-refractivity contribution in [2.24, 2.45) is 11.7 Å². The largest absolute Gasteiger partial charge is 0.327 e. The summed E-state index contributed by atoms with van der Waals surface area (Å²) in [5, 5.41) is 0. The molecule has 0 amide bonds. The van der Waals surface area contributed by atoms with Crippen LogP contribution in [-0.2, 0) is 0 Å². The molecular formula is C12H24N2. The number of nitrogens with two attached hydrogens (primary N) is 1. The first-order chi connectivity index (χ1) is 6.84. The molecule has 1 unspecified atom stereocenters. The highest BCUT2D eigenvalue weighted by atomic mass is 15.1. The Balaban J connectivity index is 1.64. The highest BCUT2D eigenvalue weighted by Gasteiger charge is 2.20. The van der Waals surface area contributed by atoms with Crippen molar-refractivity contribution in [2.45, 2.75) is 51.0 Å². The molecule has 0 radical (unpaired) electrons. The fraction of sp³-hybridized carbons (Fsp3) is 1.00. The van der Waals surface area contributed by atoms with E-state index in [-0.39, 0.29) is 0 Å². The molecule has 1 saturated heterocycles. The van der Waals surface area contributed by atoms with Gasteiger partial charge in [-0.15, -0.1) is 0 Å². The predicted octanol–water partition coefficient (Wildman–Crippen LogP) is 1.99. The van der Waals surface area contributed by atoms with Crippen molar-refractivity contribution in [1.82, 2.24) is 4.90 Å². The van der Waals surface area contributed by atoms with Gasteiger partial charge in [0.05, 0.1) is 0 Å². The zero-order chi connectivity index (χ0) is 9.80. The second-order valence-electron chi connectivity index (χ2n) is 5.15. The summed E-state index contributed by atoms with van der Waals surface area (Å²) in [6, 6.07) is 0.441. The molecule has 0 spiro atoms. The molecule has 2 heteroatoms. The van der Waals surface area contributed by atoms with E-state index in [0.29, 0.717) is 6.04 Å². The lowest BCUT2D eigenvalue weighted by atomic mass is 9.99. The van der Waals surface area contributed by atoms with E-state index in [1.54, 1.807) is 0 Å². The van der Waals surface area contributed by atoms with Gasteiger partial charge in [-0.2, -0.15) is 0 Å². The standard InChI is InChI=1S/C12H24N2/c13-12(9-11-5-1-2-6-11)10-14-7-3-4-8-14/h11-12H,1-10,13H2. The van der Waals surface area contributed by atoms with Crippen molar-refractivity contribution >= 4 is 0 Å². The lowest BCUT2D eigenvalue weighted by Crippen LogP contribution is -2.37.